The zero-order chi connectivity index (χ0) is 46.1. The molecule has 2 aromatic heterocycles. The van der Waals surface area contributed by atoms with E-state index >= 15 is 0 Å². The van der Waals surface area contributed by atoms with Gasteiger partial charge in [0, 0.05) is 62.6 Å². The Hall–Kier alpha value is -9.11. The minimum Gasteiger partial charge on any atom is -0.312 e. The van der Waals surface area contributed by atoms with E-state index in [0.717, 1.165) is 74.3 Å². The molecule has 326 valence electrons. The molecular formula is C64H45N5. The molecule has 0 unspecified atom stereocenters. The lowest BCUT2D eigenvalue weighted by atomic mass is 9.90. The van der Waals surface area contributed by atoms with Crippen LogP contribution in [0.2, 0.25) is 0 Å². The van der Waals surface area contributed by atoms with Crippen molar-refractivity contribution in [1.82, 2.24) is 9.13 Å². The number of allylic oxidation sites excluding steroid dienone is 4. The molecule has 0 spiro atoms. The summed E-state index contributed by atoms with van der Waals surface area (Å²) in [7, 11) is 0. The quantitative estimate of drug-likeness (QED) is 0.0898. The number of rotatable bonds is 8. The first-order chi connectivity index (χ1) is 34.2. The highest BCUT2D eigenvalue weighted by Crippen LogP contribution is 2.49. The van der Waals surface area contributed by atoms with E-state index < -0.39 is 0 Å². The van der Waals surface area contributed by atoms with Gasteiger partial charge in [0.05, 0.1) is 22.4 Å². The molecule has 2 heterocycles. The standard InChI is InChI=1S/C64H45N5/c65-63(67-64(49-27-13-5-14-28-49)66-43-44-35-37-46(38-36-44)45-21-9-3-10-22-45)50-41-55(47-23-7-1-2-8-24-47)61(56(42-50)48-25-11-4-12-26-48)69-58-34-20-18-32-54(58)60-59(69)40-39-53-52-31-17-19-33-57(52)68(62(53)60)51-29-15-6-16-30-51/h1,3-7,9-23,25-38,41-43,65H,24,39-40H2/b65-63?,66-43+,67-64-. The molecule has 10 aromatic rings. The van der Waals surface area contributed by atoms with E-state index in [2.05, 4.69) is 197 Å². The molecule has 0 saturated heterocycles. The van der Waals surface area contributed by atoms with E-state index in [1.807, 2.05) is 54.8 Å². The number of aliphatic imine (C=N–C) groups is 2. The molecule has 2 aliphatic rings. The van der Waals surface area contributed by atoms with Gasteiger partial charge in [-0.3, -0.25) is 5.41 Å². The lowest BCUT2D eigenvalue weighted by Gasteiger charge is -2.24. The molecule has 0 aliphatic heterocycles. The first kappa shape index (κ1) is 41.3. The Labute approximate surface area is 401 Å². The van der Waals surface area contributed by atoms with Crippen LogP contribution < -0.4 is 0 Å². The average Bonchev–Trinajstić information content (AvgIpc) is 3.78. The summed E-state index contributed by atoms with van der Waals surface area (Å²) in [6, 6.07) is 72.1. The van der Waals surface area contributed by atoms with Gasteiger partial charge in [-0.15, -0.1) is 0 Å². The van der Waals surface area contributed by atoms with Crippen molar-refractivity contribution in [3.8, 4) is 56.7 Å². The monoisotopic (exact) mass is 883 g/mol. The van der Waals surface area contributed by atoms with E-state index in [1.54, 1.807) is 0 Å². The van der Waals surface area contributed by atoms with Gasteiger partial charge in [0.2, 0.25) is 0 Å². The maximum absolute atomic E-state index is 9.86. The smallest absolute Gasteiger partial charge is 0.161 e. The second-order valence-electron chi connectivity index (χ2n) is 17.4. The fourth-order valence-corrected chi connectivity index (χ4v) is 10.2. The Morgan fingerprint density at radius 2 is 1.17 bits per heavy atom. The Balaban J connectivity index is 1.07. The molecule has 5 heteroatoms. The lowest BCUT2D eigenvalue weighted by Crippen LogP contribution is -2.13. The average molecular weight is 884 g/mol. The second-order valence-corrected chi connectivity index (χ2v) is 17.4. The van der Waals surface area contributed by atoms with Crippen LogP contribution in [0.5, 0.6) is 0 Å². The highest BCUT2D eigenvalue weighted by Gasteiger charge is 2.32. The largest absolute Gasteiger partial charge is 0.312 e. The van der Waals surface area contributed by atoms with Gasteiger partial charge in [-0.2, -0.15) is 0 Å². The maximum Gasteiger partial charge on any atom is 0.161 e. The zero-order valence-electron chi connectivity index (χ0n) is 37.8. The molecule has 5 nitrogen and oxygen atoms in total. The summed E-state index contributed by atoms with van der Waals surface area (Å²) in [4.78, 5) is 10.0. The number of hydrogen-bond acceptors (Lipinski definition) is 1. The van der Waals surface area contributed by atoms with E-state index in [9.17, 15) is 5.41 Å². The van der Waals surface area contributed by atoms with Crippen molar-refractivity contribution in [2.45, 2.75) is 19.3 Å². The van der Waals surface area contributed by atoms with Gasteiger partial charge < -0.3 is 9.13 Å². The highest BCUT2D eigenvalue weighted by molar-refractivity contribution is 6.14. The molecule has 8 aromatic carbocycles. The number of hydrogen-bond donors (Lipinski definition) is 1. The minimum atomic E-state index is 0.114. The number of aryl methyl sites for hydroxylation is 1. The van der Waals surface area contributed by atoms with Crippen LogP contribution in [0.25, 0.3) is 72.3 Å². The van der Waals surface area contributed by atoms with Gasteiger partial charge in [-0.25, -0.2) is 9.98 Å². The minimum absolute atomic E-state index is 0.114. The first-order valence-electron chi connectivity index (χ1n) is 23.5. The number of nitrogens with zero attached hydrogens (tertiary/aromatic N) is 4. The fraction of sp³-hybridized carbons (Fsp3) is 0.0469. The SMILES string of the molecule is N=C(/N=C(\N=C\c1ccc(-c2ccccc2)cc1)c1ccccc1)c1cc(C2=CC=CC#CC2)c(-n2c3c(c4ccccc42)-c2c(c4ccccc4n2-c2ccccc2)CC3)c(-c2ccccc2)c1. The molecule has 0 saturated carbocycles. The van der Waals surface area contributed by atoms with Gasteiger partial charge in [-0.1, -0.05) is 194 Å². The molecule has 0 radical (unpaired) electrons. The summed E-state index contributed by atoms with van der Waals surface area (Å²) in [6.45, 7) is 0. The van der Waals surface area contributed by atoms with Crippen LogP contribution in [-0.4, -0.2) is 27.0 Å². The Kier molecular flexibility index (Phi) is 10.7. The van der Waals surface area contributed by atoms with Crippen LogP contribution in [-0.2, 0) is 12.8 Å². The molecule has 69 heavy (non-hydrogen) atoms. The van der Waals surface area contributed by atoms with Crippen LogP contribution in [0.15, 0.2) is 234 Å². The topological polar surface area (TPSA) is 58.4 Å². The van der Waals surface area contributed by atoms with E-state index in [4.69, 9.17) is 9.98 Å². The fourth-order valence-electron chi connectivity index (χ4n) is 10.2. The van der Waals surface area contributed by atoms with E-state index in [-0.39, 0.29) is 5.84 Å². The number of nitrogens with one attached hydrogen (secondary N) is 1. The van der Waals surface area contributed by atoms with Gasteiger partial charge in [-0.05, 0) is 88.7 Å². The summed E-state index contributed by atoms with van der Waals surface area (Å²) in [5.74, 6) is 7.20. The number of fused-ring (bicyclic) bond motifs is 7. The van der Waals surface area contributed by atoms with Crippen molar-refractivity contribution in [1.29, 1.82) is 5.41 Å². The third-order valence-corrected chi connectivity index (χ3v) is 13.3. The summed E-state index contributed by atoms with van der Waals surface area (Å²) >= 11 is 0. The highest BCUT2D eigenvalue weighted by atomic mass is 15.0. The molecule has 0 bridgehead atoms. The van der Waals surface area contributed by atoms with Crippen molar-refractivity contribution in [2.24, 2.45) is 9.98 Å². The van der Waals surface area contributed by atoms with Crippen molar-refractivity contribution in [2.75, 3.05) is 0 Å². The Morgan fingerprint density at radius 1 is 0.565 bits per heavy atom. The summed E-state index contributed by atoms with van der Waals surface area (Å²) in [5, 5.41) is 12.4. The lowest BCUT2D eigenvalue weighted by molar-refractivity contribution is 0.862. The molecule has 0 amide bonds. The molecule has 0 atom stereocenters. The van der Waals surface area contributed by atoms with E-state index in [1.165, 1.54) is 38.8 Å². The molecule has 2 aliphatic carbocycles. The molecular weight excluding hydrogens is 839 g/mol. The number of benzene rings is 8. The predicted octanol–water partition coefficient (Wildman–Crippen LogP) is 14.9. The summed E-state index contributed by atoms with van der Waals surface area (Å²) < 4.78 is 5.00. The number of para-hydroxylation sites is 3. The van der Waals surface area contributed by atoms with Crippen LogP contribution in [0, 0.1) is 17.3 Å². The van der Waals surface area contributed by atoms with Crippen molar-refractivity contribution in [3.63, 3.8) is 0 Å². The van der Waals surface area contributed by atoms with Gasteiger partial charge >= 0.3 is 0 Å². The van der Waals surface area contributed by atoms with Crippen LogP contribution in [0.4, 0.5) is 0 Å². The summed E-state index contributed by atoms with van der Waals surface area (Å²) in [5.41, 5.74) is 18.6. The molecule has 12 rings (SSSR count). The van der Waals surface area contributed by atoms with Gasteiger partial charge in [0.1, 0.15) is 0 Å². The Bertz CT molecular complexity index is 3780. The molecule has 1 N–H and O–H groups in total. The normalized spacial score (nSPS) is 13.2. The third kappa shape index (κ3) is 7.65. The van der Waals surface area contributed by atoms with E-state index in [0.29, 0.717) is 17.8 Å². The Morgan fingerprint density at radius 3 is 1.91 bits per heavy atom. The first-order valence-corrected chi connectivity index (χ1v) is 23.5. The summed E-state index contributed by atoms with van der Waals surface area (Å²) in [6.07, 6.45) is 10.2. The van der Waals surface area contributed by atoms with Crippen molar-refractivity contribution in [3.05, 3.63) is 258 Å². The third-order valence-electron chi connectivity index (χ3n) is 13.3. The zero-order valence-corrected chi connectivity index (χ0v) is 37.8. The van der Waals surface area contributed by atoms with Crippen LogP contribution >= 0.6 is 0 Å². The van der Waals surface area contributed by atoms with Crippen molar-refractivity contribution < 1.29 is 0 Å². The van der Waals surface area contributed by atoms with Gasteiger partial charge in [0.25, 0.3) is 0 Å². The van der Waals surface area contributed by atoms with Crippen LogP contribution in [0.1, 0.15) is 39.9 Å². The number of aromatic nitrogens is 2. The maximum atomic E-state index is 9.86. The van der Waals surface area contributed by atoms with Crippen LogP contribution in [0.3, 0.4) is 0 Å². The number of amidine groups is 2. The molecule has 0 fully saturated rings. The predicted molar refractivity (Wildman–Crippen MR) is 287 cm³/mol. The van der Waals surface area contributed by atoms with Crippen molar-refractivity contribution >= 4 is 45.3 Å². The van der Waals surface area contributed by atoms with Gasteiger partial charge in [0.15, 0.2) is 11.7 Å². The second kappa shape index (κ2) is 17.9.